The van der Waals surface area contributed by atoms with Crippen LogP contribution in [0.3, 0.4) is 0 Å². The first-order valence-electron chi connectivity index (χ1n) is 8.03. The Hall–Kier alpha value is -1.82. The summed E-state index contributed by atoms with van der Waals surface area (Å²) in [7, 11) is 0. The fourth-order valence-corrected chi connectivity index (χ4v) is 3.40. The summed E-state index contributed by atoms with van der Waals surface area (Å²) in [4.78, 5) is 24.0. The number of H-pyrrole nitrogens is 1. The number of ketones is 1. The number of carbonyl (C=O) groups is 1. The van der Waals surface area contributed by atoms with E-state index in [-0.39, 0.29) is 17.5 Å². The summed E-state index contributed by atoms with van der Waals surface area (Å²) in [5.41, 5.74) is 1.78. The standard InChI is InChI=1S/C17H21N3O2S/c1-3-11(2)12-4-6-13(7-5-12)15(21)10-23-17-19-18-16(22)20(17)14-8-9-14/h4-7,11,14H,3,8-10H2,1-2H3,(H,18,22)/t11-/m0/s1. The molecule has 1 saturated carbocycles. The number of rotatable bonds is 7. The van der Waals surface area contributed by atoms with E-state index in [4.69, 9.17) is 0 Å². The van der Waals surface area contributed by atoms with E-state index in [9.17, 15) is 9.59 Å². The summed E-state index contributed by atoms with van der Waals surface area (Å²) in [5, 5.41) is 7.11. The second kappa shape index (κ2) is 6.74. The number of hydrogen-bond donors (Lipinski definition) is 1. The highest BCUT2D eigenvalue weighted by Gasteiger charge is 2.28. The molecule has 5 nitrogen and oxygen atoms in total. The highest BCUT2D eigenvalue weighted by atomic mass is 32.2. The molecule has 1 aliphatic carbocycles. The van der Waals surface area contributed by atoms with Crippen molar-refractivity contribution in [1.29, 1.82) is 0 Å². The van der Waals surface area contributed by atoms with Crippen LogP contribution in [0.15, 0.2) is 34.2 Å². The smallest absolute Gasteiger partial charge is 0.293 e. The van der Waals surface area contributed by atoms with Crippen LogP contribution < -0.4 is 5.69 Å². The van der Waals surface area contributed by atoms with Gasteiger partial charge >= 0.3 is 5.69 Å². The number of Topliss-reactive ketones (excluding diaryl/α,β-unsaturated/α-hetero) is 1. The van der Waals surface area contributed by atoms with E-state index in [0.717, 1.165) is 19.3 Å². The van der Waals surface area contributed by atoms with Gasteiger partial charge in [0.25, 0.3) is 0 Å². The van der Waals surface area contributed by atoms with Gasteiger partial charge in [0.2, 0.25) is 0 Å². The van der Waals surface area contributed by atoms with E-state index in [1.54, 1.807) is 4.57 Å². The summed E-state index contributed by atoms with van der Waals surface area (Å²) in [5.74, 6) is 0.855. The summed E-state index contributed by atoms with van der Waals surface area (Å²) in [6.07, 6.45) is 3.11. The maximum Gasteiger partial charge on any atom is 0.344 e. The van der Waals surface area contributed by atoms with Crippen molar-refractivity contribution < 1.29 is 4.79 Å². The van der Waals surface area contributed by atoms with Gasteiger partial charge in [-0.05, 0) is 30.7 Å². The number of carbonyl (C=O) groups excluding carboxylic acids is 1. The molecule has 0 spiro atoms. The van der Waals surface area contributed by atoms with Crippen LogP contribution in [0.1, 0.15) is 61.0 Å². The molecule has 2 aromatic rings. The molecule has 1 fully saturated rings. The highest BCUT2D eigenvalue weighted by molar-refractivity contribution is 7.99. The number of hydrogen-bond acceptors (Lipinski definition) is 4. The topological polar surface area (TPSA) is 67.8 Å². The zero-order valence-corrected chi connectivity index (χ0v) is 14.2. The van der Waals surface area contributed by atoms with E-state index >= 15 is 0 Å². The number of aromatic nitrogens is 3. The van der Waals surface area contributed by atoms with Crippen molar-refractivity contribution in [3.05, 3.63) is 45.9 Å². The normalized spacial score (nSPS) is 15.6. The molecule has 1 heterocycles. The van der Waals surface area contributed by atoms with Crippen LogP contribution in [0.2, 0.25) is 0 Å². The first kappa shape index (κ1) is 16.1. The van der Waals surface area contributed by atoms with Gasteiger partial charge in [0.1, 0.15) is 0 Å². The molecule has 1 aromatic carbocycles. The molecule has 0 aliphatic heterocycles. The Morgan fingerprint density at radius 1 is 1.39 bits per heavy atom. The molecule has 23 heavy (non-hydrogen) atoms. The molecule has 0 unspecified atom stereocenters. The van der Waals surface area contributed by atoms with Crippen molar-refractivity contribution >= 4 is 17.5 Å². The van der Waals surface area contributed by atoms with E-state index < -0.39 is 0 Å². The van der Waals surface area contributed by atoms with Crippen LogP contribution in [0, 0.1) is 0 Å². The molecular formula is C17H21N3O2S. The van der Waals surface area contributed by atoms with Gasteiger partial charge in [-0.15, -0.1) is 5.10 Å². The molecule has 0 radical (unpaired) electrons. The number of nitrogens with zero attached hydrogens (tertiary/aromatic N) is 2. The maximum absolute atomic E-state index is 12.3. The maximum atomic E-state index is 12.3. The molecule has 1 aromatic heterocycles. The minimum Gasteiger partial charge on any atom is -0.293 e. The number of thioether (sulfide) groups is 1. The van der Waals surface area contributed by atoms with Crippen LogP contribution in [0.25, 0.3) is 0 Å². The van der Waals surface area contributed by atoms with E-state index in [1.165, 1.54) is 17.3 Å². The first-order chi connectivity index (χ1) is 11.1. The Morgan fingerprint density at radius 2 is 2.09 bits per heavy atom. The van der Waals surface area contributed by atoms with Gasteiger partial charge in [-0.25, -0.2) is 9.89 Å². The van der Waals surface area contributed by atoms with Crippen molar-refractivity contribution in [2.45, 2.75) is 50.2 Å². The quantitative estimate of drug-likeness (QED) is 0.624. The van der Waals surface area contributed by atoms with Crippen LogP contribution in [-0.4, -0.2) is 26.3 Å². The number of benzene rings is 1. The lowest BCUT2D eigenvalue weighted by molar-refractivity contribution is 0.102. The van der Waals surface area contributed by atoms with Gasteiger partial charge in [0, 0.05) is 11.6 Å². The third-order valence-electron chi connectivity index (χ3n) is 4.33. The largest absolute Gasteiger partial charge is 0.344 e. The Bertz CT molecular complexity index is 744. The van der Waals surface area contributed by atoms with Crippen molar-refractivity contribution in [1.82, 2.24) is 14.8 Å². The Labute approximate surface area is 139 Å². The zero-order valence-electron chi connectivity index (χ0n) is 13.4. The Morgan fingerprint density at radius 3 is 2.70 bits per heavy atom. The lowest BCUT2D eigenvalue weighted by Gasteiger charge is -2.09. The van der Waals surface area contributed by atoms with Crippen molar-refractivity contribution in [3.63, 3.8) is 0 Å². The fourth-order valence-electron chi connectivity index (χ4n) is 2.49. The minimum absolute atomic E-state index is 0.0588. The minimum atomic E-state index is -0.180. The van der Waals surface area contributed by atoms with Gasteiger partial charge < -0.3 is 0 Å². The summed E-state index contributed by atoms with van der Waals surface area (Å²) < 4.78 is 1.67. The van der Waals surface area contributed by atoms with Crippen molar-refractivity contribution in [3.8, 4) is 0 Å². The second-order valence-electron chi connectivity index (χ2n) is 6.06. The van der Waals surface area contributed by atoms with Gasteiger partial charge in [-0.3, -0.25) is 9.36 Å². The molecule has 0 bridgehead atoms. The molecule has 1 atom stereocenters. The number of aromatic amines is 1. The van der Waals surface area contributed by atoms with Crippen LogP contribution >= 0.6 is 11.8 Å². The third kappa shape index (κ3) is 3.58. The van der Waals surface area contributed by atoms with Crippen LogP contribution in [0.5, 0.6) is 0 Å². The van der Waals surface area contributed by atoms with Crippen molar-refractivity contribution in [2.24, 2.45) is 0 Å². The molecule has 0 amide bonds. The van der Waals surface area contributed by atoms with Gasteiger partial charge in [0.05, 0.1) is 5.75 Å². The lowest BCUT2D eigenvalue weighted by atomic mass is 9.97. The summed E-state index contributed by atoms with van der Waals surface area (Å²) in [6, 6.07) is 8.10. The van der Waals surface area contributed by atoms with Gasteiger partial charge in [0.15, 0.2) is 10.9 Å². The molecule has 6 heteroatoms. The molecule has 1 N–H and O–H groups in total. The third-order valence-corrected chi connectivity index (χ3v) is 5.28. The van der Waals surface area contributed by atoms with Crippen molar-refractivity contribution in [2.75, 3.05) is 5.75 Å². The molecular weight excluding hydrogens is 310 g/mol. The molecule has 3 rings (SSSR count). The molecule has 122 valence electrons. The average molecular weight is 331 g/mol. The Kier molecular flexibility index (Phi) is 4.71. The Balaban J connectivity index is 1.64. The first-order valence-corrected chi connectivity index (χ1v) is 9.01. The number of nitrogens with one attached hydrogen (secondary N) is 1. The summed E-state index contributed by atoms with van der Waals surface area (Å²) >= 11 is 1.33. The van der Waals surface area contributed by atoms with E-state index in [0.29, 0.717) is 22.4 Å². The molecule has 0 saturated heterocycles. The summed E-state index contributed by atoms with van der Waals surface area (Å²) in [6.45, 7) is 4.34. The predicted molar refractivity (Wildman–Crippen MR) is 91.3 cm³/mol. The SMILES string of the molecule is CC[C@H](C)c1ccc(C(=O)CSc2n[nH]c(=O)n2C2CC2)cc1. The van der Waals surface area contributed by atoms with Gasteiger partial charge in [-0.2, -0.15) is 0 Å². The second-order valence-corrected chi connectivity index (χ2v) is 7.00. The van der Waals surface area contributed by atoms with E-state index in [1.807, 2.05) is 24.3 Å². The average Bonchev–Trinajstić information content (AvgIpc) is 3.35. The monoisotopic (exact) mass is 331 g/mol. The van der Waals surface area contributed by atoms with E-state index in [2.05, 4.69) is 24.0 Å². The lowest BCUT2D eigenvalue weighted by Crippen LogP contribution is -2.16. The van der Waals surface area contributed by atoms with Gasteiger partial charge in [-0.1, -0.05) is 49.9 Å². The highest BCUT2D eigenvalue weighted by Crippen LogP contribution is 2.36. The van der Waals surface area contributed by atoms with Crippen LogP contribution in [0.4, 0.5) is 0 Å². The fraction of sp³-hybridized carbons (Fsp3) is 0.471. The predicted octanol–water partition coefficient (Wildman–Crippen LogP) is 3.39. The zero-order chi connectivity index (χ0) is 16.4. The molecule has 1 aliphatic rings. The van der Waals surface area contributed by atoms with Crippen LogP contribution in [-0.2, 0) is 0 Å².